The molecule has 1 amide bonds. The van der Waals surface area contributed by atoms with Crippen LogP contribution in [0.2, 0.25) is 0 Å². The molecular formula is C16H24N2O. The Hall–Kier alpha value is -1.35. The largest absolute Gasteiger partial charge is 0.366 e. The number of amides is 1. The molecule has 0 spiro atoms. The number of hydrogen-bond acceptors (Lipinski definition) is 2. The number of carbonyl (C=O) groups is 1. The number of nitrogens with one attached hydrogen (secondary N) is 1. The van der Waals surface area contributed by atoms with Crippen LogP contribution in [0.3, 0.4) is 0 Å². The molecule has 1 aromatic rings. The van der Waals surface area contributed by atoms with E-state index in [-0.39, 0.29) is 5.91 Å². The van der Waals surface area contributed by atoms with Gasteiger partial charge in [-0.1, -0.05) is 26.0 Å². The van der Waals surface area contributed by atoms with E-state index < -0.39 is 0 Å². The Balaban J connectivity index is 1.91. The molecule has 0 aliphatic heterocycles. The van der Waals surface area contributed by atoms with Crippen molar-refractivity contribution in [1.82, 2.24) is 5.32 Å². The van der Waals surface area contributed by atoms with Crippen molar-refractivity contribution in [2.24, 2.45) is 17.6 Å². The molecule has 1 aromatic carbocycles. The predicted molar refractivity (Wildman–Crippen MR) is 77.8 cm³/mol. The molecule has 19 heavy (non-hydrogen) atoms. The van der Waals surface area contributed by atoms with Gasteiger partial charge in [0.15, 0.2) is 0 Å². The summed E-state index contributed by atoms with van der Waals surface area (Å²) in [6.45, 7) is 5.47. The Bertz CT molecular complexity index is 434. The van der Waals surface area contributed by atoms with Gasteiger partial charge in [-0.25, -0.2) is 0 Å². The van der Waals surface area contributed by atoms with Gasteiger partial charge >= 0.3 is 0 Å². The molecule has 1 aliphatic rings. The van der Waals surface area contributed by atoms with Gasteiger partial charge in [-0.3, -0.25) is 4.79 Å². The maximum atomic E-state index is 11.1. The minimum Gasteiger partial charge on any atom is -0.366 e. The lowest BCUT2D eigenvalue weighted by Crippen LogP contribution is -2.35. The van der Waals surface area contributed by atoms with Crippen molar-refractivity contribution in [3.8, 4) is 0 Å². The monoisotopic (exact) mass is 260 g/mol. The van der Waals surface area contributed by atoms with Gasteiger partial charge in [0.05, 0.1) is 0 Å². The first-order chi connectivity index (χ1) is 9.04. The Labute approximate surface area is 115 Å². The number of nitrogens with two attached hydrogens (primary N) is 1. The molecule has 1 aliphatic carbocycles. The van der Waals surface area contributed by atoms with Crippen molar-refractivity contribution in [1.29, 1.82) is 0 Å². The highest BCUT2D eigenvalue weighted by molar-refractivity contribution is 5.92. The zero-order chi connectivity index (χ0) is 13.8. The zero-order valence-electron chi connectivity index (χ0n) is 11.9. The predicted octanol–water partition coefficient (Wildman–Crippen LogP) is 2.70. The molecular weight excluding hydrogens is 236 g/mol. The number of rotatable bonds is 4. The van der Waals surface area contributed by atoms with Crippen molar-refractivity contribution in [3.05, 3.63) is 35.4 Å². The van der Waals surface area contributed by atoms with Crippen LogP contribution in [-0.4, -0.2) is 11.9 Å². The first kappa shape index (κ1) is 14.1. The molecule has 104 valence electrons. The topological polar surface area (TPSA) is 55.1 Å². The van der Waals surface area contributed by atoms with Crippen molar-refractivity contribution in [2.75, 3.05) is 0 Å². The number of carbonyl (C=O) groups excluding carboxylic acids is 1. The summed E-state index contributed by atoms with van der Waals surface area (Å²) in [5, 5.41) is 3.61. The van der Waals surface area contributed by atoms with E-state index in [0.29, 0.717) is 11.6 Å². The van der Waals surface area contributed by atoms with Crippen LogP contribution < -0.4 is 11.1 Å². The molecule has 0 bridgehead atoms. The van der Waals surface area contributed by atoms with Gasteiger partial charge in [-0.05, 0) is 48.8 Å². The minimum atomic E-state index is -0.359. The van der Waals surface area contributed by atoms with Crippen molar-refractivity contribution in [3.63, 3.8) is 0 Å². The molecule has 2 atom stereocenters. The zero-order valence-corrected chi connectivity index (χ0v) is 11.9. The molecule has 0 aromatic heterocycles. The molecule has 1 fully saturated rings. The number of primary amides is 1. The highest BCUT2D eigenvalue weighted by Crippen LogP contribution is 2.28. The van der Waals surface area contributed by atoms with E-state index in [4.69, 9.17) is 5.73 Å². The third kappa shape index (κ3) is 4.06. The van der Waals surface area contributed by atoms with Crippen molar-refractivity contribution < 1.29 is 4.79 Å². The second-order valence-corrected chi connectivity index (χ2v) is 6.06. The van der Waals surface area contributed by atoms with E-state index in [9.17, 15) is 4.79 Å². The lowest BCUT2D eigenvalue weighted by molar-refractivity contribution is 0.1000. The summed E-state index contributed by atoms with van der Waals surface area (Å²) in [6, 6.07) is 8.16. The first-order valence-electron chi connectivity index (χ1n) is 7.16. The fourth-order valence-corrected chi connectivity index (χ4v) is 3.21. The third-order valence-electron chi connectivity index (χ3n) is 3.98. The second-order valence-electron chi connectivity index (χ2n) is 6.06. The summed E-state index contributed by atoms with van der Waals surface area (Å²) in [7, 11) is 0. The Morgan fingerprint density at radius 1 is 1.26 bits per heavy atom. The number of hydrogen-bond donors (Lipinski definition) is 2. The quantitative estimate of drug-likeness (QED) is 0.874. The van der Waals surface area contributed by atoms with Crippen molar-refractivity contribution in [2.45, 2.75) is 45.7 Å². The lowest BCUT2D eigenvalue weighted by atomic mass is 9.80. The van der Waals surface area contributed by atoms with Crippen LogP contribution in [0.25, 0.3) is 0 Å². The summed E-state index contributed by atoms with van der Waals surface area (Å²) >= 11 is 0. The van der Waals surface area contributed by atoms with E-state index in [1.54, 1.807) is 6.07 Å². The van der Waals surface area contributed by atoms with E-state index in [0.717, 1.165) is 23.9 Å². The van der Waals surface area contributed by atoms with Crippen LogP contribution in [0.1, 0.15) is 49.0 Å². The molecule has 2 rings (SSSR count). The maximum absolute atomic E-state index is 11.1. The van der Waals surface area contributed by atoms with E-state index in [1.165, 1.54) is 19.3 Å². The molecule has 0 radical (unpaired) electrons. The number of benzene rings is 1. The SMILES string of the molecule is CC1CC(C)CC(NCc2cccc(C(N)=O)c2)C1. The first-order valence-corrected chi connectivity index (χ1v) is 7.16. The second kappa shape index (κ2) is 6.20. The fraction of sp³-hybridized carbons (Fsp3) is 0.562. The summed E-state index contributed by atoms with van der Waals surface area (Å²) < 4.78 is 0. The molecule has 3 heteroatoms. The molecule has 0 saturated heterocycles. The Morgan fingerprint density at radius 2 is 1.95 bits per heavy atom. The minimum absolute atomic E-state index is 0.359. The van der Waals surface area contributed by atoms with E-state index >= 15 is 0 Å². The van der Waals surface area contributed by atoms with Gasteiger partial charge in [0.1, 0.15) is 0 Å². The maximum Gasteiger partial charge on any atom is 0.248 e. The van der Waals surface area contributed by atoms with Crippen LogP contribution in [0.5, 0.6) is 0 Å². The van der Waals surface area contributed by atoms with Crippen LogP contribution >= 0.6 is 0 Å². The van der Waals surface area contributed by atoms with Crippen LogP contribution in [0.15, 0.2) is 24.3 Å². The molecule has 3 N–H and O–H groups in total. The molecule has 2 unspecified atom stereocenters. The van der Waals surface area contributed by atoms with Gasteiger partial charge in [0.25, 0.3) is 0 Å². The molecule has 3 nitrogen and oxygen atoms in total. The fourth-order valence-electron chi connectivity index (χ4n) is 3.21. The summed E-state index contributed by atoms with van der Waals surface area (Å²) in [5.74, 6) is 1.25. The Morgan fingerprint density at radius 3 is 2.58 bits per heavy atom. The van der Waals surface area contributed by atoms with Gasteiger partial charge in [-0.15, -0.1) is 0 Å². The normalized spacial score (nSPS) is 27.2. The molecule has 1 saturated carbocycles. The smallest absolute Gasteiger partial charge is 0.248 e. The standard InChI is InChI=1S/C16H24N2O/c1-11-6-12(2)8-15(7-11)18-10-13-4-3-5-14(9-13)16(17)19/h3-5,9,11-12,15,18H,6-8,10H2,1-2H3,(H2,17,19). The summed E-state index contributed by atoms with van der Waals surface area (Å²) in [6.07, 6.45) is 3.84. The van der Waals surface area contributed by atoms with Gasteiger partial charge in [0.2, 0.25) is 5.91 Å². The van der Waals surface area contributed by atoms with Gasteiger partial charge in [0, 0.05) is 18.2 Å². The van der Waals surface area contributed by atoms with E-state index in [2.05, 4.69) is 19.2 Å². The van der Waals surface area contributed by atoms with Crippen molar-refractivity contribution >= 4 is 5.91 Å². The third-order valence-corrected chi connectivity index (χ3v) is 3.98. The average molecular weight is 260 g/mol. The highest BCUT2D eigenvalue weighted by atomic mass is 16.1. The van der Waals surface area contributed by atoms with Gasteiger partial charge in [-0.2, -0.15) is 0 Å². The Kier molecular flexibility index (Phi) is 4.59. The van der Waals surface area contributed by atoms with Crippen LogP contribution in [0, 0.1) is 11.8 Å². The lowest BCUT2D eigenvalue weighted by Gasteiger charge is -2.32. The average Bonchev–Trinajstić information content (AvgIpc) is 2.35. The van der Waals surface area contributed by atoms with Crippen LogP contribution in [-0.2, 0) is 6.54 Å². The molecule has 0 heterocycles. The summed E-state index contributed by atoms with van der Waals surface area (Å²) in [4.78, 5) is 11.1. The summed E-state index contributed by atoms with van der Waals surface area (Å²) in [5.41, 5.74) is 7.01. The highest BCUT2D eigenvalue weighted by Gasteiger charge is 2.23. The van der Waals surface area contributed by atoms with Gasteiger partial charge < -0.3 is 11.1 Å². The van der Waals surface area contributed by atoms with Crippen LogP contribution in [0.4, 0.5) is 0 Å². The van der Waals surface area contributed by atoms with E-state index in [1.807, 2.05) is 18.2 Å².